The minimum Gasteiger partial charge on any atom is -0.353 e. The number of fused-ring (bicyclic) bond motifs is 1. The molecule has 3 heterocycles. The molecule has 1 N–H and O–H groups in total. The molecule has 1 aliphatic heterocycles. The van der Waals surface area contributed by atoms with E-state index < -0.39 is 0 Å². The molecular formula is C22H22N6O. The Morgan fingerprint density at radius 2 is 1.79 bits per heavy atom. The van der Waals surface area contributed by atoms with Crippen molar-refractivity contribution in [1.29, 1.82) is 0 Å². The summed E-state index contributed by atoms with van der Waals surface area (Å²) >= 11 is 0. The first-order valence-electron chi connectivity index (χ1n) is 9.79. The minimum atomic E-state index is 0.0596. The number of rotatable bonds is 3. The van der Waals surface area contributed by atoms with E-state index in [1.165, 1.54) is 0 Å². The number of aromatic amines is 1. The Kier molecular flexibility index (Phi) is 4.27. The standard InChI is InChI=1S/C22H22N6O/c1-16-14-21(28(25-16)17-6-3-2-4-7-17)26-10-12-27(13-11-26)22(29)18-8-5-9-20-19(18)15-23-24-20/h2-9,14-15H,10-13H2,1H3,(H,23,24). The minimum absolute atomic E-state index is 0.0596. The molecule has 2 aromatic carbocycles. The molecule has 29 heavy (non-hydrogen) atoms. The van der Waals surface area contributed by atoms with Crippen LogP contribution in [0.1, 0.15) is 16.1 Å². The monoisotopic (exact) mass is 386 g/mol. The van der Waals surface area contributed by atoms with Crippen LogP contribution in [0, 0.1) is 6.92 Å². The molecule has 0 bridgehead atoms. The topological polar surface area (TPSA) is 70.1 Å². The fourth-order valence-electron chi connectivity index (χ4n) is 3.93. The second-order valence-electron chi connectivity index (χ2n) is 7.31. The second-order valence-corrected chi connectivity index (χ2v) is 7.31. The van der Waals surface area contributed by atoms with Gasteiger partial charge in [0.15, 0.2) is 0 Å². The van der Waals surface area contributed by atoms with Crippen molar-refractivity contribution < 1.29 is 4.79 Å². The van der Waals surface area contributed by atoms with Crippen molar-refractivity contribution in [1.82, 2.24) is 24.9 Å². The van der Waals surface area contributed by atoms with E-state index in [9.17, 15) is 4.79 Å². The molecule has 7 nitrogen and oxygen atoms in total. The number of aryl methyl sites for hydroxylation is 1. The van der Waals surface area contributed by atoms with E-state index in [1.54, 1.807) is 6.20 Å². The van der Waals surface area contributed by atoms with Crippen molar-refractivity contribution in [2.75, 3.05) is 31.1 Å². The predicted molar refractivity (Wildman–Crippen MR) is 113 cm³/mol. The number of carbonyl (C=O) groups excluding carboxylic acids is 1. The van der Waals surface area contributed by atoms with Gasteiger partial charge >= 0.3 is 0 Å². The molecule has 0 spiro atoms. The first-order valence-corrected chi connectivity index (χ1v) is 9.79. The molecule has 7 heteroatoms. The van der Waals surface area contributed by atoms with Crippen LogP contribution in [-0.2, 0) is 0 Å². The maximum Gasteiger partial charge on any atom is 0.254 e. The lowest BCUT2D eigenvalue weighted by atomic mass is 10.1. The summed E-state index contributed by atoms with van der Waals surface area (Å²) in [5.41, 5.74) is 3.61. The Morgan fingerprint density at radius 1 is 1.00 bits per heavy atom. The number of H-pyrrole nitrogens is 1. The normalized spacial score (nSPS) is 14.5. The average molecular weight is 386 g/mol. The molecule has 0 atom stereocenters. The molecule has 0 aliphatic carbocycles. The summed E-state index contributed by atoms with van der Waals surface area (Å²) in [4.78, 5) is 17.3. The maximum atomic E-state index is 13.1. The Balaban J connectivity index is 1.35. The number of aromatic nitrogens is 4. The summed E-state index contributed by atoms with van der Waals surface area (Å²) < 4.78 is 1.99. The summed E-state index contributed by atoms with van der Waals surface area (Å²) in [5.74, 6) is 1.13. The summed E-state index contributed by atoms with van der Waals surface area (Å²) in [6.45, 7) is 4.89. The number of hydrogen-bond acceptors (Lipinski definition) is 4. The predicted octanol–water partition coefficient (Wildman–Crippen LogP) is 3.02. The van der Waals surface area contributed by atoms with Crippen molar-refractivity contribution in [3.05, 3.63) is 72.1 Å². The third-order valence-corrected chi connectivity index (χ3v) is 5.42. The van der Waals surface area contributed by atoms with Gasteiger partial charge in [-0.25, -0.2) is 4.68 Å². The highest BCUT2D eigenvalue weighted by atomic mass is 16.2. The van der Waals surface area contributed by atoms with Gasteiger partial charge in [-0.15, -0.1) is 0 Å². The summed E-state index contributed by atoms with van der Waals surface area (Å²) in [6, 6.07) is 18.0. The smallest absolute Gasteiger partial charge is 0.254 e. The van der Waals surface area contributed by atoms with Gasteiger partial charge in [-0.3, -0.25) is 9.89 Å². The van der Waals surface area contributed by atoms with E-state index in [2.05, 4.69) is 38.4 Å². The van der Waals surface area contributed by atoms with E-state index in [0.717, 1.165) is 41.2 Å². The highest BCUT2D eigenvalue weighted by Gasteiger charge is 2.25. The van der Waals surface area contributed by atoms with E-state index in [4.69, 9.17) is 0 Å². The first kappa shape index (κ1) is 17.5. The van der Waals surface area contributed by atoms with Gasteiger partial charge < -0.3 is 9.80 Å². The Morgan fingerprint density at radius 3 is 2.59 bits per heavy atom. The molecule has 2 aromatic heterocycles. The molecule has 1 aliphatic rings. The zero-order valence-corrected chi connectivity index (χ0v) is 16.2. The van der Waals surface area contributed by atoms with Crippen LogP contribution in [0.3, 0.4) is 0 Å². The highest BCUT2D eigenvalue weighted by Crippen LogP contribution is 2.24. The number of piperazine rings is 1. The van der Waals surface area contributed by atoms with Crippen LogP contribution >= 0.6 is 0 Å². The van der Waals surface area contributed by atoms with Gasteiger partial charge in [-0.2, -0.15) is 10.2 Å². The molecule has 1 amide bonds. The molecule has 1 fully saturated rings. The molecule has 5 rings (SSSR count). The quantitative estimate of drug-likeness (QED) is 0.588. The Bertz CT molecular complexity index is 1150. The summed E-state index contributed by atoms with van der Waals surface area (Å²) in [7, 11) is 0. The van der Waals surface area contributed by atoms with Crippen molar-refractivity contribution in [2.45, 2.75) is 6.92 Å². The fraction of sp³-hybridized carbons (Fsp3) is 0.227. The average Bonchev–Trinajstić information content (AvgIpc) is 3.40. The molecule has 0 radical (unpaired) electrons. The molecule has 1 saturated heterocycles. The second kappa shape index (κ2) is 7.09. The first-order chi connectivity index (χ1) is 14.2. The number of amides is 1. The number of nitrogens with one attached hydrogen (secondary N) is 1. The van der Waals surface area contributed by atoms with Gasteiger partial charge in [0, 0.05) is 37.6 Å². The zero-order valence-electron chi connectivity index (χ0n) is 16.2. The maximum absolute atomic E-state index is 13.1. The van der Waals surface area contributed by atoms with Crippen molar-refractivity contribution in [3.8, 4) is 5.69 Å². The third kappa shape index (κ3) is 3.14. The summed E-state index contributed by atoms with van der Waals surface area (Å²) in [5, 5.41) is 12.5. The lowest BCUT2D eigenvalue weighted by Gasteiger charge is -2.36. The fourth-order valence-corrected chi connectivity index (χ4v) is 3.93. The molecular weight excluding hydrogens is 364 g/mol. The lowest BCUT2D eigenvalue weighted by molar-refractivity contribution is 0.0748. The van der Waals surface area contributed by atoms with Crippen molar-refractivity contribution in [2.24, 2.45) is 0 Å². The van der Waals surface area contributed by atoms with Gasteiger partial charge in [-0.05, 0) is 31.2 Å². The Hall–Kier alpha value is -3.61. The number of para-hydroxylation sites is 1. The van der Waals surface area contributed by atoms with E-state index >= 15 is 0 Å². The lowest BCUT2D eigenvalue weighted by Crippen LogP contribution is -2.49. The zero-order chi connectivity index (χ0) is 19.8. The van der Waals surface area contributed by atoms with Crippen LogP contribution in [0.2, 0.25) is 0 Å². The SMILES string of the molecule is Cc1cc(N2CCN(C(=O)c3cccc4[nH]ncc34)CC2)n(-c2ccccc2)n1. The van der Waals surface area contributed by atoms with Gasteiger partial charge in [0.05, 0.1) is 28.7 Å². The number of carbonyl (C=O) groups is 1. The highest BCUT2D eigenvalue weighted by molar-refractivity contribution is 6.06. The van der Waals surface area contributed by atoms with Crippen molar-refractivity contribution in [3.63, 3.8) is 0 Å². The number of anilines is 1. The van der Waals surface area contributed by atoms with Crippen LogP contribution in [-0.4, -0.2) is 57.0 Å². The van der Waals surface area contributed by atoms with Gasteiger partial charge in [0.2, 0.25) is 0 Å². The van der Waals surface area contributed by atoms with Crippen LogP contribution in [0.4, 0.5) is 5.82 Å². The van der Waals surface area contributed by atoms with E-state index in [1.807, 2.05) is 52.9 Å². The van der Waals surface area contributed by atoms with Crippen LogP contribution in [0.25, 0.3) is 16.6 Å². The van der Waals surface area contributed by atoms with E-state index in [0.29, 0.717) is 18.7 Å². The van der Waals surface area contributed by atoms with Crippen LogP contribution < -0.4 is 4.90 Å². The van der Waals surface area contributed by atoms with Crippen LogP contribution in [0.5, 0.6) is 0 Å². The van der Waals surface area contributed by atoms with Gasteiger partial charge in [0.1, 0.15) is 5.82 Å². The number of hydrogen-bond donors (Lipinski definition) is 1. The number of benzene rings is 2. The Labute approximate surface area is 168 Å². The summed E-state index contributed by atoms with van der Waals surface area (Å²) in [6.07, 6.45) is 1.72. The molecule has 0 saturated carbocycles. The van der Waals surface area contributed by atoms with Crippen LogP contribution in [0.15, 0.2) is 60.8 Å². The third-order valence-electron chi connectivity index (χ3n) is 5.42. The molecule has 0 unspecified atom stereocenters. The van der Waals surface area contributed by atoms with Gasteiger partial charge in [0.25, 0.3) is 5.91 Å². The van der Waals surface area contributed by atoms with Gasteiger partial charge in [-0.1, -0.05) is 24.3 Å². The molecule has 4 aromatic rings. The largest absolute Gasteiger partial charge is 0.353 e. The number of nitrogens with zero attached hydrogens (tertiary/aromatic N) is 5. The molecule has 146 valence electrons. The van der Waals surface area contributed by atoms with E-state index in [-0.39, 0.29) is 5.91 Å². The van der Waals surface area contributed by atoms with Crippen molar-refractivity contribution >= 4 is 22.6 Å².